The summed E-state index contributed by atoms with van der Waals surface area (Å²) < 4.78 is 0. The zero-order chi connectivity index (χ0) is 12.1. The van der Waals surface area contributed by atoms with Crippen LogP contribution in [0.2, 0.25) is 0 Å². The van der Waals surface area contributed by atoms with Crippen LogP contribution in [0.15, 0.2) is 42.1 Å². The highest BCUT2D eigenvalue weighted by Gasteiger charge is 2.22. The van der Waals surface area contributed by atoms with Gasteiger partial charge in [-0.25, -0.2) is 4.79 Å². The molecule has 0 fully saturated rings. The highest BCUT2D eigenvalue weighted by molar-refractivity contribution is 6.07. The Morgan fingerprint density at radius 2 is 1.81 bits per heavy atom. The predicted molar refractivity (Wildman–Crippen MR) is 53.5 cm³/mol. The average molecular weight is 221 g/mol. The van der Waals surface area contributed by atoms with Crippen molar-refractivity contribution in [2.24, 2.45) is 0 Å². The molecule has 6 nitrogen and oxygen atoms in total. The van der Waals surface area contributed by atoms with Gasteiger partial charge in [0.15, 0.2) is 5.78 Å². The van der Waals surface area contributed by atoms with Gasteiger partial charge in [-0.2, -0.15) is 0 Å². The van der Waals surface area contributed by atoms with E-state index in [4.69, 9.17) is 5.11 Å². The zero-order valence-corrected chi connectivity index (χ0v) is 7.99. The normalized spacial score (nSPS) is 10.9. The van der Waals surface area contributed by atoms with Gasteiger partial charge in [0.1, 0.15) is 0 Å². The van der Waals surface area contributed by atoms with Gasteiger partial charge in [-0.05, 0) is 0 Å². The minimum atomic E-state index is -1.74. The average Bonchev–Trinajstić information content (AvgIpc) is 2.25. The molecule has 0 amide bonds. The van der Waals surface area contributed by atoms with Gasteiger partial charge in [0.25, 0.3) is 0 Å². The minimum Gasteiger partial charge on any atom is -0.473 e. The van der Waals surface area contributed by atoms with Crippen molar-refractivity contribution in [2.75, 3.05) is 0 Å². The molecule has 0 aromatic heterocycles. The van der Waals surface area contributed by atoms with Crippen LogP contribution in [0.3, 0.4) is 0 Å². The number of benzene rings is 1. The molecule has 0 atom stereocenters. The largest absolute Gasteiger partial charge is 0.473 e. The van der Waals surface area contributed by atoms with Crippen molar-refractivity contribution < 1.29 is 19.6 Å². The second kappa shape index (κ2) is 4.83. The Morgan fingerprint density at radius 3 is 2.25 bits per heavy atom. The minimum absolute atomic E-state index is 0.197. The number of ketones is 1. The Morgan fingerprint density at radius 1 is 1.25 bits per heavy atom. The van der Waals surface area contributed by atoms with E-state index in [9.17, 15) is 19.7 Å². The van der Waals surface area contributed by atoms with Crippen molar-refractivity contribution in [1.29, 1.82) is 0 Å². The summed E-state index contributed by atoms with van der Waals surface area (Å²) in [6.07, 6.45) is 0.498. The van der Waals surface area contributed by atoms with Gasteiger partial charge < -0.3 is 5.11 Å². The first kappa shape index (κ1) is 11.6. The van der Waals surface area contributed by atoms with Crippen LogP contribution in [-0.4, -0.2) is 21.8 Å². The second-order valence-corrected chi connectivity index (χ2v) is 2.82. The molecule has 0 heterocycles. The maximum atomic E-state index is 11.4. The number of nitrogens with zero attached hydrogens (tertiary/aromatic N) is 1. The van der Waals surface area contributed by atoms with E-state index in [1.165, 1.54) is 12.1 Å². The van der Waals surface area contributed by atoms with E-state index in [1.807, 2.05) is 0 Å². The number of carboxylic acids is 1. The fourth-order valence-corrected chi connectivity index (χ4v) is 1.00. The summed E-state index contributed by atoms with van der Waals surface area (Å²) in [5.41, 5.74) is -0.947. The van der Waals surface area contributed by atoms with Gasteiger partial charge in [-0.3, -0.25) is 14.9 Å². The van der Waals surface area contributed by atoms with E-state index in [1.54, 1.807) is 18.2 Å². The molecule has 0 saturated heterocycles. The van der Waals surface area contributed by atoms with Gasteiger partial charge in [-0.1, -0.05) is 30.3 Å². The molecule has 0 aliphatic heterocycles. The number of allylic oxidation sites excluding steroid dienone is 1. The first-order valence-corrected chi connectivity index (χ1v) is 4.21. The number of aliphatic carboxylic acids is 1. The van der Waals surface area contributed by atoms with Crippen LogP contribution in [0.1, 0.15) is 10.4 Å². The lowest BCUT2D eigenvalue weighted by molar-refractivity contribution is -0.420. The van der Waals surface area contributed by atoms with E-state index < -0.39 is 22.4 Å². The van der Waals surface area contributed by atoms with Crippen LogP contribution in [0.25, 0.3) is 0 Å². The van der Waals surface area contributed by atoms with E-state index in [2.05, 4.69) is 0 Å². The van der Waals surface area contributed by atoms with E-state index >= 15 is 0 Å². The lowest BCUT2D eigenvalue weighted by Gasteiger charge is -1.94. The number of carbonyl (C=O) groups is 2. The van der Waals surface area contributed by atoms with E-state index in [0.29, 0.717) is 6.08 Å². The van der Waals surface area contributed by atoms with E-state index in [-0.39, 0.29) is 5.56 Å². The van der Waals surface area contributed by atoms with Crippen molar-refractivity contribution in [3.8, 4) is 0 Å². The van der Waals surface area contributed by atoms with Gasteiger partial charge in [0.2, 0.25) is 0 Å². The topological polar surface area (TPSA) is 97.5 Å². The Kier molecular flexibility index (Phi) is 3.49. The molecule has 1 aromatic carbocycles. The number of nitro groups is 1. The van der Waals surface area contributed by atoms with Gasteiger partial charge in [-0.15, -0.1) is 0 Å². The Hall–Kier alpha value is -2.50. The number of carbonyl (C=O) groups excluding carboxylic acids is 1. The summed E-state index contributed by atoms with van der Waals surface area (Å²) in [5, 5.41) is 18.8. The van der Waals surface area contributed by atoms with Crippen molar-refractivity contribution in [3.63, 3.8) is 0 Å². The molecule has 0 spiro atoms. The molecular weight excluding hydrogens is 214 g/mol. The summed E-state index contributed by atoms with van der Waals surface area (Å²) in [7, 11) is 0. The monoisotopic (exact) mass is 221 g/mol. The first-order chi connectivity index (χ1) is 7.52. The zero-order valence-electron chi connectivity index (χ0n) is 7.99. The fourth-order valence-electron chi connectivity index (χ4n) is 1.00. The molecule has 0 radical (unpaired) electrons. The summed E-state index contributed by atoms with van der Waals surface area (Å²) in [6, 6.07) is 7.71. The highest BCUT2D eigenvalue weighted by atomic mass is 16.6. The fraction of sp³-hybridized carbons (Fsp3) is 0. The van der Waals surface area contributed by atoms with Crippen LogP contribution >= 0.6 is 0 Å². The van der Waals surface area contributed by atoms with Crippen LogP contribution in [0, 0.1) is 10.1 Å². The van der Waals surface area contributed by atoms with Gasteiger partial charge >= 0.3 is 11.7 Å². The molecule has 0 unspecified atom stereocenters. The third-order valence-corrected chi connectivity index (χ3v) is 1.74. The molecule has 1 aromatic rings. The molecule has 16 heavy (non-hydrogen) atoms. The summed E-state index contributed by atoms with van der Waals surface area (Å²) in [5.74, 6) is -2.45. The summed E-state index contributed by atoms with van der Waals surface area (Å²) >= 11 is 0. The maximum Gasteiger partial charge on any atom is 0.407 e. The highest BCUT2D eigenvalue weighted by Crippen LogP contribution is 2.04. The van der Waals surface area contributed by atoms with Crippen molar-refractivity contribution in [3.05, 3.63) is 57.8 Å². The molecule has 0 bridgehead atoms. The first-order valence-electron chi connectivity index (χ1n) is 4.21. The molecule has 0 aliphatic rings. The lowest BCUT2D eigenvalue weighted by atomic mass is 10.1. The molecule has 6 heteroatoms. The maximum absolute atomic E-state index is 11.4. The molecule has 1 rings (SSSR count). The molecular formula is C10H7NO5. The number of hydrogen-bond acceptors (Lipinski definition) is 4. The van der Waals surface area contributed by atoms with Crippen molar-refractivity contribution in [1.82, 2.24) is 0 Å². The molecule has 0 aliphatic carbocycles. The molecule has 82 valence electrons. The van der Waals surface area contributed by atoms with Gasteiger partial charge in [0.05, 0.1) is 11.0 Å². The Balaban J connectivity index is 3.04. The van der Waals surface area contributed by atoms with Crippen LogP contribution < -0.4 is 0 Å². The quantitative estimate of drug-likeness (QED) is 0.355. The summed E-state index contributed by atoms with van der Waals surface area (Å²) in [6.45, 7) is 0. The molecule has 0 saturated carbocycles. The number of hydrogen-bond donors (Lipinski definition) is 1. The number of rotatable bonds is 4. The van der Waals surface area contributed by atoms with Gasteiger partial charge in [0, 0.05) is 5.56 Å². The Labute approximate surface area is 90.0 Å². The van der Waals surface area contributed by atoms with Crippen LogP contribution in [-0.2, 0) is 4.79 Å². The van der Waals surface area contributed by atoms with Crippen molar-refractivity contribution in [2.45, 2.75) is 0 Å². The Bertz CT molecular complexity index is 447. The summed E-state index contributed by atoms with van der Waals surface area (Å²) in [4.78, 5) is 31.1. The van der Waals surface area contributed by atoms with E-state index in [0.717, 1.165) is 0 Å². The van der Waals surface area contributed by atoms with Crippen LogP contribution in [0.4, 0.5) is 0 Å². The SMILES string of the molecule is O=C(O)/C(=C\C(=O)c1ccccc1)[N+](=O)[O-]. The lowest BCUT2D eigenvalue weighted by Crippen LogP contribution is -2.12. The second-order valence-electron chi connectivity index (χ2n) is 2.82. The van der Waals surface area contributed by atoms with Crippen LogP contribution in [0.5, 0.6) is 0 Å². The third kappa shape index (κ3) is 2.74. The van der Waals surface area contributed by atoms with Crippen molar-refractivity contribution >= 4 is 11.8 Å². The predicted octanol–water partition coefficient (Wildman–Crippen LogP) is 1.11. The molecule has 1 N–H and O–H groups in total. The number of carboxylic acid groups (broad SMARTS) is 1. The smallest absolute Gasteiger partial charge is 0.407 e. The standard InChI is InChI=1S/C10H7NO5/c12-9(7-4-2-1-3-5-7)6-8(10(13)14)11(15)16/h1-6H,(H,13,14)/b8-6+. The third-order valence-electron chi connectivity index (χ3n) is 1.74.